The van der Waals surface area contributed by atoms with Crippen LogP contribution in [-0.2, 0) is 11.3 Å². The lowest BCUT2D eigenvalue weighted by molar-refractivity contribution is 0.0454. The molecule has 0 amide bonds. The van der Waals surface area contributed by atoms with E-state index in [0.29, 0.717) is 12.0 Å². The Labute approximate surface area is 172 Å². The largest absolute Gasteiger partial charge is 0.504 e. The van der Waals surface area contributed by atoms with E-state index < -0.39 is 12.1 Å². The van der Waals surface area contributed by atoms with E-state index in [1.165, 1.54) is 19.2 Å². The predicted octanol–water partition coefficient (Wildman–Crippen LogP) is 5.25. The zero-order valence-electron chi connectivity index (χ0n) is 15.6. The van der Waals surface area contributed by atoms with Gasteiger partial charge < -0.3 is 24.4 Å². The van der Waals surface area contributed by atoms with Crippen molar-refractivity contribution in [1.29, 1.82) is 0 Å². The quantitative estimate of drug-likeness (QED) is 0.649. The van der Waals surface area contributed by atoms with E-state index in [9.17, 15) is 15.0 Å². The second kappa shape index (κ2) is 8.07. The second-order valence-electron chi connectivity index (χ2n) is 6.88. The molecule has 0 radical (unpaired) electrons. The fourth-order valence-electron chi connectivity index (χ4n) is 3.12. The van der Waals surface area contributed by atoms with Crippen molar-refractivity contribution in [2.24, 2.45) is 5.92 Å². The molecular formula is C20H20Cl2O6. The van der Waals surface area contributed by atoms with Crippen molar-refractivity contribution in [2.45, 2.75) is 33.0 Å². The molecule has 2 aromatic rings. The molecule has 0 fully saturated rings. The number of hydrogen-bond acceptors (Lipinski definition) is 6. The Morgan fingerprint density at radius 3 is 2.64 bits per heavy atom. The molecule has 0 spiro atoms. The summed E-state index contributed by atoms with van der Waals surface area (Å²) in [6.07, 6.45) is -0.338. The van der Waals surface area contributed by atoms with Gasteiger partial charge in [-0.05, 0) is 24.5 Å². The number of ether oxygens (including phenoxy) is 3. The van der Waals surface area contributed by atoms with E-state index in [4.69, 9.17) is 37.4 Å². The highest BCUT2D eigenvalue weighted by Crippen LogP contribution is 2.47. The van der Waals surface area contributed by atoms with Crippen molar-refractivity contribution < 1.29 is 29.2 Å². The maximum atomic E-state index is 12.7. The minimum atomic E-state index is -0.826. The molecule has 0 aromatic heterocycles. The molecule has 1 heterocycles. The predicted molar refractivity (Wildman–Crippen MR) is 105 cm³/mol. The average Bonchev–Trinajstić information content (AvgIpc) is 2.62. The molecule has 150 valence electrons. The first kappa shape index (κ1) is 20.6. The zero-order chi connectivity index (χ0) is 20.6. The van der Waals surface area contributed by atoms with E-state index in [1.807, 2.05) is 13.8 Å². The number of carbonyl (C=O) groups is 1. The number of phenolic OH excluding ortho intramolecular Hbond substituents is 1. The third kappa shape index (κ3) is 3.72. The van der Waals surface area contributed by atoms with E-state index in [-0.39, 0.29) is 56.7 Å². The standard InChI is InChI=1S/C20H20Cl2O6/c1-9(2)6-13(23)10-4-5-15-16(19(10)26-3)20(25)27-8-11-17(22)12(21)7-14(24)18(11)28-15/h4-5,7,9,13,23-24H,6,8H2,1-3H3. The normalized spacial score (nSPS) is 14.3. The van der Waals surface area contributed by atoms with Gasteiger partial charge in [-0.1, -0.05) is 37.0 Å². The molecule has 28 heavy (non-hydrogen) atoms. The summed E-state index contributed by atoms with van der Waals surface area (Å²) in [5.74, 6) is -0.389. The molecule has 0 aliphatic carbocycles. The Balaban J connectivity index is 2.16. The SMILES string of the molecule is COc1c(C(O)CC(C)C)ccc2c1C(=O)OCc1c(Cl)c(Cl)cc(O)c1O2. The molecule has 1 aliphatic rings. The molecule has 3 rings (SSSR count). The maximum Gasteiger partial charge on any atom is 0.346 e. The van der Waals surface area contributed by atoms with Crippen molar-refractivity contribution in [3.05, 3.63) is 44.9 Å². The summed E-state index contributed by atoms with van der Waals surface area (Å²) in [5.41, 5.74) is 0.738. The number of carbonyl (C=O) groups excluding carboxylic acids is 1. The van der Waals surface area contributed by atoms with E-state index in [1.54, 1.807) is 6.07 Å². The number of hydrogen-bond donors (Lipinski definition) is 2. The topological polar surface area (TPSA) is 85.2 Å². The summed E-state index contributed by atoms with van der Waals surface area (Å²) in [5, 5.41) is 21.0. The van der Waals surface area contributed by atoms with Crippen molar-refractivity contribution in [2.75, 3.05) is 7.11 Å². The first-order chi connectivity index (χ1) is 13.2. The molecule has 1 unspecified atom stereocenters. The van der Waals surface area contributed by atoms with Crippen LogP contribution in [-0.4, -0.2) is 23.3 Å². The van der Waals surface area contributed by atoms with Crippen molar-refractivity contribution in [1.82, 2.24) is 0 Å². The number of fused-ring (bicyclic) bond motifs is 2. The second-order valence-corrected chi connectivity index (χ2v) is 7.67. The van der Waals surface area contributed by atoms with Crippen LogP contribution >= 0.6 is 23.2 Å². The molecule has 0 bridgehead atoms. The fraction of sp³-hybridized carbons (Fsp3) is 0.350. The summed E-state index contributed by atoms with van der Waals surface area (Å²) in [7, 11) is 1.40. The molecular weight excluding hydrogens is 407 g/mol. The molecule has 2 N–H and O–H groups in total. The number of aliphatic hydroxyl groups is 1. The molecule has 1 atom stereocenters. The number of methoxy groups -OCH3 is 1. The van der Waals surface area contributed by atoms with Gasteiger partial charge in [0.2, 0.25) is 0 Å². The lowest BCUT2D eigenvalue weighted by Crippen LogP contribution is -2.15. The first-order valence-corrected chi connectivity index (χ1v) is 9.43. The van der Waals surface area contributed by atoms with Gasteiger partial charge in [0.15, 0.2) is 11.5 Å². The minimum absolute atomic E-state index is 0.0268. The number of phenols is 1. The number of halogens is 2. The van der Waals surface area contributed by atoms with Gasteiger partial charge in [-0.25, -0.2) is 4.79 Å². The van der Waals surface area contributed by atoms with Crippen molar-refractivity contribution in [3.8, 4) is 23.0 Å². The van der Waals surface area contributed by atoms with Crippen LogP contribution in [0.3, 0.4) is 0 Å². The summed E-state index contributed by atoms with van der Waals surface area (Å²) >= 11 is 12.2. The van der Waals surface area contributed by atoms with Crippen LogP contribution in [0, 0.1) is 5.92 Å². The smallest absolute Gasteiger partial charge is 0.346 e. The van der Waals surface area contributed by atoms with Crippen LogP contribution in [0.4, 0.5) is 0 Å². The molecule has 2 aromatic carbocycles. The first-order valence-electron chi connectivity index (χ1n) is 8.68. The van der Waals surface area contributed by atoms with Gasteiger partial charge in [-0.3, -0.25) is 0 Å². The van der Waals surface area contributed by atoms with E-state index >= 15 is 0 Å². The molecule has 0 saturated carbocycles. The molecule has 0 saturated heterocycles. The van der Waals surface area contributed by atoms with Crippen molar-refractivity contribution >= 4 is 29.2 Å². The van der Waals surface area contributed by atoms with Crippen LogP contribution in [0.5, 0.6) is 23.0 Å². The molecule has 1 aliphatic heterocycles. The fourth-order valence-corrected chi connectivity index (χ4v) is 3.54. The number of cyclic esters (lactones) is 1. The Bertz CT molecular complexity index is 926. The number of aromatic hydroxyl groups is 1. The van der Waals surface area contributed by atoms with Gasteiger partial charge in [0, 0.05) is 11.6 Å². The van der Waals surface area contributed by atoms with Gasteiger partial charge in [0.25, 0.3) is 0 Å². The molecule has 6 nitrogen and oxygen atoms in total. The van der Waals surface area contributed by atoms with Crippen LogP contribution in [0.15, 0.2) is 18.2 Å². The van der Waals surface area contributed by atoms with E-state index in [2.05, 4.69) is 0 Å². The summed E-state index contributed by atoms with van der Waals surface area (Å²) < 4.78 is 16.6. The number of rotatable bonds is 4. The lowest BCUT2D eigenvalue weighted by Gasteiger charge is -2.24. The summed E-state index contributed by atoms with van der Waals surface area (Å²) in [6, 6.07) is 4.40. The van der Waals surface area contributed by atoms with Gasteiger partial charge in [-0.2, -0.15) is 0 Å². The Kier molecular flexibility index (Phi) is 5.93. The highest BCUT2D eigenvalue weighted by atomic mass is 35.5. The highest BCUT2D eigenvalue weighted by Gasteiger charge is 2.31. The van der Waals surface area contributed by atoms with Crippen molar-refractivity contribution in [3.63, 3.8) is 0 Å². The summed E-state index contributed by atoms with van der Waals surface area (Å²) in [6.45, 7) is 3.72. The highest BCUT2D eigenvalue weighted by molar-refractivity contribution is 6.42. The van der Waals surface area contributed by atoms with Crippen LogP contribution < -0.4 is 9.47 Å². The average molecular weight is 427 g/mol. The number of esters is 1. The third-order valence-corrected chi connectivity index (χ3v) is 5.24. The Morgan fingerprint density at radius 1 is 1.29 bits per heavy atom. The number of aliphatic hydroxyl groups excluding tert-OH is 1. The van der Waals surface area contributed by atoms with Crippen LogP contribution in [0.2, 0.25) is 10.0 Å². The third-order valence-electron chi connectivity index (χ3n) is 4.42. The Hall–Kier alpha value is -2.15. The van der Waals surface area contributed by atoms with Gasteiger partial charge in [-0.15, -0.1) is 0 Å². The Morgan fingerprint density at radius 2 is 2.00 bits per heavy atom. The van der Waals surface area contributed by atoms with Gasteiger partial charge >= 0.3 is 5.97 Å². The lowest BCUT2D eigenvalue weighted by atomic mass is 9.96. The van der Waals surface area contributed by atoms with Gasteiger partial charge in [0.1, 0.15) is 23.7 Å². The zero-order valence-corrected chi connectivity index (χ0v) is 17.1. The summed E-state index contributed by atoms with van der Waals surface area (Å²) in [4.78, 5) is 12.7. The van der Waals surface area contributed by atoms with E-state index in [0.717, 1.165) is 0 Å². The van der Waals surface area contributed by atoms with Gasteiger partial charge in [0.05, 0.1) is 28.8 Å². The number of benzene rings is 2. The monoisotopic (exact) mass is 426 g/mol. The minimum Gasteiger partial charge on any atom is -0.504 e. The van der Waals surface area contributed by atoms with Crippen LogP contribution in [0.1, 0.15) is 47.9 Å². The maximum absolute atomic E-state index is 12.7. The molecule has 8 heteroatoms. The van der Waals surface area contributed by atoms with Crippen LogP contribution in [0.25, 0.3) is 0 Å².